The zero-order valence-electron chi connectivity index (χ0n) is 12.4. The van der Waals surface area contributed by atoms with E-state index in [1.54, 1.807) is 0 Å². The van der Waals surface area contributed by atoms with Crippen molar-refractivity contribution in [1.29, 1.82) is 0 Å². The predicted octanol–water partition coefficient (Wildman–Crippen LogP) is 2.85. The smallest absolute Gasteiger partial charge is 0.223 e. The van der Waals surface area contributed by atoms with Crippen molar-refractivity contribution in [2.75, 3.05) is 19.8 Å². The van der Waals surface area contributed by atoms with Crippen molar-refractivity contribution in [2.45, 2.75) is 47.0 Å². The van der Waals surface area contributed by atoms with Crippen LogP contribution in [-0.4, -0.2) is 25.7 Å². The second-order valence-electron chi connectivity index (χ2n) is 5.92. The van der Waals surface area contributed by atoms with Gasteiger partial charge in [0.2, 0.25) is 5.91 Å². The normalized spacial score (nSPS) is 28.4. The van der Waals surface area contributed by atoms with Crippen molar-refractivity contribution in [2.24, 2.45) is 23.7 Å². The maximum atomic E-state index is 12.3. The van der Waals surface area contributed by atoms with Gasteiger partial charge in [-0.2, -0.15) is 0 Å². The van der Waals surface area contributed by atoms with E-state index in [9.17, 15) is 4.79 Å². The van der Waals surface area contributed by atoms with Crippen LogP contribution in [0.1, 0.15) is 47.0 Å². The average molecular weight is 255 g/mol. The third-order valence-corrected chi connectivity index (χ3v) is 4.11. The molecule has 0 bridgehead atoms. The van der Waals surface area contributed by atoms with E-state index in [2.05, 4.69) is 26.1 Å². The number of amides is 1. The molecule has 1 aliphatic rings. The van der Waals surface area contributed by atoms with Gasteiger partial charge in [0.05, 0.1) is 6.61 Å². The fourth-order valence-electron chi connectivity index (χ4n) is 3.03. The zero-order valence-corrected chi connectivity index (χ0v) is 12.4. The van der Waals surface area contributed by atoms with Gasteiger partial charge in [0.25, 0.3) is 0 Å². The second-order valence-corrected chi connectivity index (χ2v) is 5.92. The molecule has 0 aromatic heterocycles. The fourth-order valence-corrected chi connectivity index (χ4v) is 3.03. The van der Waals surface area contributed by atoms with Crippen molar-refractivity contribution >= 4 is 5.91 Å². The molecular weight excluding hydrogens is 226 g/mol. The summed E-state index contributed by atoms with van der Waals surface area (Å²) in [6.45, 7) is 10.7. The van der Waals surface area contributed by atoms with Crippen LogP contribution < -0.4 is 5.32 Å². The van der Waals surface area contributed by atoms with Crippen molar-refractivity contribution in [3.05, 3.63) is 0 Å². The number of carbonyl (C=O) groups excluding carboxylic acids is 1. The molecule has 3 nitrogen and oxygen atoms in total. The lowest BCUT2D eigenvalue weighted by Crippen LogP contribution is -2.41. The molecule has 1 amide bonds. The summed E-state index contributed by atoms with van der Waals surface area (Å²) in [5.41, 5.74) is 0. The summed E-state index contributed by atoms with van der Waals surface area (Å²) in [6.07, 6.45) is 3.51. The summed E-state index contributed by atoms with van der Waals surface area (Å²) in [4.78, 5) is 12.3. The molecule has 0 radical (unpaired) electrons. The first-order valence-electron chi connectivity index (χ1n) is 7.41. The Bertz CT molecular complexity index is 253. The SMILES string of the molecule is CCOCCNC(=O)[C@@H]1C[C@H](C)CC[C@H]1C(C)C. The third-order valence-electron chi connectivity index (χ3n) is 4.11. The van der Waals surface area contributed by atoms with E-state index in [1.807, 2.05) is 6.92 Å². The number of rotatable bonds is 6. The van der Waals surface area contributed by atoms with Gasteiger partial charge in [0, 0.05) is 19.1 Å². The standard InChI is InChI=1S/C15H29NO2/c1-5-18-9-8-16-15(17)14-10-12(4)6-7-13(14)11(2)3/h11-14H,5-10H2,1-4H3,(H,16,17)/t12-,13+,14-/m1/s1. The van der Waals surface area contributed by atoms with Crippen molar-refractivity contribution in [3.63, 3.8) is 0 Å². The maximum Gasteiger partial charge on any atom is 0.223 e. The molecular formula is C15H29NO2. The van der Waals surface area contributed by atoms with Crippen LogP contribution in [0.2, 0.25) is 0 Å². The first-order valence-corrected chi connectivity index (χ1v) is 7.41. The van der Waals surface area contributed by atoms with Gasteiger partial charge in [-0.3, -0.25) is 4.79 Å². The molecule has 3 atom stereocenters. The van der Waals surface area contributed by atoms with Gasteiger partial charge in [0.15, 0.2) is 0 Å². The number of nitrogens with one attached hydrogen (secondary N) is 1. The van der Waals surface area contributed by atoms with E-state index in [4.69, 9.17) is 4.74 Å². The van der Waals surface area contributed by atoms with Crippen LogP contribution in [0.25, 0.3) is 0 Å². The predicted molar refractivity (Wildman–Crippen MR) is 74.3 cm³/mol. The Morgan fingerprint density at radius 3 is 2.72 bits per heavy atom. The van der Waals surface area contributed by atoms with Gasteiger partial charge in [-0.25, -0.2) is 0 Å². The lowest BCUT2D eigenvalue weighted by molar-refractivity contribution is -0.129. The Morgan fingerprint density at radius 1 is 1.39 bits per heavy atom. The Labute approximate surface area is 112 Å². The van der Waals surface area contributed by atoms with Gasteiger partial charge in [-0.1, -0.05) is 27.2 Å². The number of hydrogen-bond donors (Lipinski definition) is 1. The third kappa shape index (κ3) is 4.60. The lowest BCUT2D eigenvalue weighted by atomic mass is 9.70. The van der Waals surface area contributed by atoms with Gasteiger partial charge < -0.3 is 10.1 Å². The molecule has 0 heterocycles. The van der Waals surface area contributed by atoms with Crippen LogP contribution in [0, 0.1) is 23.7 Å². The van der Waals surface area contributed by atoms with E-state index < -0.39 is 0 Å². The van der Waals surface area contributed by atoms with Crippen LogP contribution in [0.4, 0.5) is 0 Å². The monoisotopic (exact) mass is 255 g/mol. The van der Waals surface area contributed by atoms with Crippen LogP contribution in [0.15, 0.2) is 0 Å². The summed E-state index contributed by atoms with van der Waals surface area (Å²) in [5, 5.41) is 3.03. The van der Waals surface area contributed by atoms with Crippen LogP contribution in [0.5, 0.6) is 0 Å². The summed E-state index contributed by atoms with van der Waals surface area (Å²) < 4.78 is 5.25. The Balaban J connectivity index is 2.45. The van der Waals surface area contributed by atoms with Crippen LogP contribution in [0.3, 0.4) is 0 Å². The number of hydrogen-bond acceptors (Lipinski definition) is 2. The molecule has 0 unspecified atom stereocenters. The van der Waals surface area contributed by atoms with Crippen molar-refractivity contribution in [1.82, 2.24) is 5.32 Å². The Morgan fingerprint density at radius 2 is 2.11 bits per heavy atom. The summed E-state index contributed by atoms with van der Waals surface area (Å²) in [5.74, 6) is 2.27. The first kappa shape index (κ1) is 15.5. The van der Waals surface area contributed by atoms with Crippen molar-refractivity contribution in [3.8, 4) is 0 Å². The minimum absolute atomic E-state index is 0.204. The highest BCUT2D eigenvalue weighted by atomic mass is 16.5. The largest absolute Gasteiger partial charge is 0.380 e. The van der Waals surface area contributed by atoms with E-state index >= 15 is 0 Å². The quantitative estimate of drug-likeness (QED) is 0.741. The summed E-state index contributed by atoms with van der Waals surface area (Å²) in [6, 6.07) is 0. The molecule has 0 spiro atoms. The highest BCUT2D eigenvalue weighted by Crippen LogP contribution is 2.37. The molecule has 106 valence electrons. The Hall–Kier alpha value is -0.570. The minimum Gasteiger partial charge on any atom is -0.380 e. The molecule has 1 fully saturated rings. The number of carbonyl (C=O) groups is 1. The van der Waals surface area contributed by atoms with Crippen LogP contribution in [-0.2, 0) is 9.53 Å². The van der Waals surface area contributed by atoms with Gasteiger partial charge in [0.1, 0.15) is 0 Å². The molecule has 0 aromatic rings. The molecule has 1 rings (SSSR count). The zero-order chi connectivity index (χ0) is 13.5. The van der Waals surface area contributed by atoms with E-state index in [1.165, 1.54) is 12.8 Å². The van der Waals surface area contributed by atoms with E-state index in [-0.39, 0.29) is 11.8 Å². The molecule has 0 saturated heterocycles. The molecule has 0 aliphatic heterocycles. The molecule has 0 aromatic carbocycles. The van der Waals surface area contributed by atoms with Crippen molar-refractivity contribution < 1.29 is 9.53 Å². The van der Waals surface area contributed by atoms with Gasteiger partial charge >= 0.3 is 0 Å². The van der Waals surface area contributed by atoms with E-state index in [0.717, 1.165) is 6.42 Å². The Kier molecular flexibility index (Phi) is 6.69. The average Bonchev–Trinajstić information content (AvgIpc) is 2.34. The van der Waals surface area contributed by atoms with Gasteiger partial charge in [-0.05, 0) is 37.5 Å². The molecule has 18 heavy (non-hydrogen) atoms. The molecule has 3 heteroatoms. The first-order chi connectivity index (χ1) is 8.56. The molecule has 1 N–H and O–H groups in total. The summed E-state index contributed by atoms with van der Waals surface area (Å²) in [7, 11) is 0. The van der Waals surface area contributed by atoms with Crippen LogP contribution >= 0.6 is 0 Å². The highest BCUT2D eigenvalue weighted by Gasteiger charge is 2.35. The number of ether oxygens (including phenoxy) is 1. The van der Waals surface area contributed by atoms with E-state index in [0.29, 0.717) is 37.5 Å². The van der Waals surface area contributed by atoms with Gasteiger partial charge in [-0.15, -0.1) is 0 Å². The highest BCUT2D eigenvalue weighted by molar-refractivity contribution is 5.79. The molecule has 1 aliphatic carbocycles. The fraction of sp³-hybridized carbons (Fsp3) is 0.933. The maximum absolute atomic E-state index is 12.3. The topological polar surface area (TPSA) is 38.3 Å². The lowest BCUT2D eigenvalue weighted by Gasteiger charge is -2.36. The molecule has 1 saturated carbocycles. The second kappa shape index (κ2) is 7.78. The summed E-state index contributed by atoms with van der Waals surface area (Å²) >= 11 is 0. The minimum atomic E-state index is 0.204.